The van der Waals surface area contributed by atoms with Crippen molar-refractivity contribution in [2.24, 2.45) is 22.2 Å². The van der Waals surface area contributed by atoms with E-state index in [0.29, 0.717) is 24.4 Å². The molecule has 210 valence electrons. The summed E-state index contributed by atoms with van der Waals surface area (Å²) in [6, 6.07) is -2.38. The number of nitrogens with one attached hydrogen (secondary N) is 4. The van der Waals surface area contributed by atoms with Crippen LogP contribution in [-0.4, -0.2) is 104 Å². The summed E-state index contributed by atoms with van der Waals surface area (Å²) in [4.78, 5) is 73.7. The van der Waals surface area contributed by atoms with Gasteiger partial charge in [-0.3, -0.25) is 33.8 Å². The molecule has 0 radical (unpaired) electrons. The van der Waals surface area contributed by atoms with Crippen LogP contribution in [0.2, 0.25) is 0 Å². The van der Waals surface area contributed by atoms with Gasteiger partial charge in [0, 0.05) is 24.6 Å². The fourth-order valence-electron chi connectivity index (χ4n) is 2.53. The summed E-state index contributed by atoms with van der Waals surface area (Å²) < 4.78 is 4.54. The highest BCUT2D eigenvalue weighted by atomic mass is 33.1. The standard InChI is InChI=1S/C19H34N8O8S2/c20-9-14(29)26-12(2-1-3-24-19(21)22)17(33)25-10-15(30)27-13(8-16(31)32)18(34)23-4-6-36-37-7-5-35-11-28/h11-13H,1-10,20H2,(H,23,34)(H,25,33)(H,26,29)(H,27,30)(H,31,32)(H4,21,22,24). The van der Waals surface area contributed by atoms with Crippen molar-refractivity contribution in [3.8, 4) is 0 Å². The van der Waals surface area contributed by atoms with Gasteiger partial charge < -0.3 is 48.3 Å². The van der Waals surface area contributed by atoms with Crippen molar-refractivity contribution in [2.75, 3.05) is 44.3 Å². The average molecular weight is 567 g/mol. The molecule has 0 rings (SSSR count). The molecule has 4 amide bonds. The molecule has 37 heavy (non-hydrogen) atoms. The van der Waals surface area contributed by atoms with Crippen LogP contribution in [0.25, 0.3) is 0 Å². The molecular formula is C19H34N8O8S2. The van der Waals surface area contributed by atoms with E-state index >= 15 is 0 Å². The maximum absolute atomic E-state index is 12.5. The Kier molecular flexibility index (Phi) is 19.1. The van der Waals surface area contributed by atoms with Crippen LogP contribution in [-0.2, 0) is 33.5 Å². The highest BCUT2D eigenvalue weighted by Crippen LogP contribution is 2.19. The number of ether oxygens (including phenoxy) is 1. The number of amides is 4. The number of hydrogen-bond acceptors (Lipinski definition) is 11. The smallest absolute Gasteiger partial charge is 0.305 e. The molecule has 0 aromatic heterocycles. The van der Waals surface area contributed by atoms with Gasteiger partial charge in [0.15, 0.2) is 5.96 Å². The van der Waals surface area contributed by atoms with Crippen molar-refractivity contribution in [1.29, 1.82) is 0 Å². The maximum Gasteiger partial charge on any atom is 0.305 e. The lowest BCUT2D eigenvalue weighted by atomic mass is 10.1. The number of carbonyl (C=O) groups excluding carboxylic acids is 5. The summed E-state index contributed by atoms with van der Waals surface area (Å²) >= 11 is 0. The first-order valence-corrected chi connectivity index (χ1v) is 13.5. The van der Waals surface area contributed by atoms with Crippen molar-refractivity contribution in [1.82, 2.24) is 21.3 Å². The van der Waals surface area contributed by atoms with Gasteiger partial charge in [0.2, 0.25) is 23.6 Å². The average Bonchev–Trinajstić information content (AvgIpc) is 2.84. The van der Waals surface area contributed by atoms with Crippen molar-refractivity contribution < 1.29 is 38.6 Å². The van der Waals surface area contributed by atoms with Gasteiger partial charge in [-0.2, -0.15) is 0 Å². The molecule has 0 saturated carbocycles. The summed E-state index contributed by atoms with van der Waals surface area (Å²) in [6.45, 7) is 0.104. The van der Waals surface area contributed by atoms with Crippen LogP contribution in [0, 0.1) is 0 Å². The highest BCUT2D eigenvalue weighted by molar-refractivity contribution is 8.76. The Bertz CT molecular complexity index is 798. The van der Waals surface area contributed by atoms with E-state index in [4.69, 9.17) is 22.3 Å². The van der Waals surface area contributed by atoms with Gasteiger partial charge in [-0.25, -0.2) is 0 Å². The summed E-state index contributed by atoms with van der Waals surface area (Å²) in [5.41, 5.74) is 15.8. The predicted molar refractivity (Wildman–Crippen MR) is 138 cm³/mol. The Hall–Kier alpha value is -3.25. The van der Waals surface area contributed by atoms with Gasteiger partial charge >= 0.3 is 5.97 Å². The second-order valence-electron chi connectivity index (χ2n) is 7.11. The fourth-order valence-corrected chi connectivity index (χ4v) is 4.28. The zero-order chi connectivity index (χ0) is 28.1. The number of carbonyl (C=O) groups is 6. The van der Waals surface area contributed by atoms with E-state index in [-0.39, 0.29) is 38.6 Å². The van der Waals surface area contributed by atoms with Crippen molar-refractivity contribution in [3.05, 3.63) is 0 Å². The number of guanidine groups is 1. The Morgan fingerprint density at radius 1 is 0.973 bits per heavy atom. The number of nitrogens with two attached hydrogens (primary N) is 3. The van der Waals surface area contributed by atoms with Gasteiger partial charge in [-0.1, -0.05) is 21.6 Å². The quantitative estimate of drug-likeness (QED) is 0.0218. The molecule has 0 aromatic carbocycles. The number of carboxylic acids is 1. The van der Waals surface area contributed by atoms with Gasteiger partial charge in [0.1, 0.15) is 18.7 Å². The van der Waals surface area contributed by atoms with Crippen molar-refractivity contribution in [2.45, 2.75) is 31.3 Å². The minimum atomic E-state index is -1.37. The summed E-state index contributed by atoms with van der Waals surface area (Å²) in [5, 5.41) is 18.6. The zero-order valence-electron chi connectivity index (χ0n) is 20.1. The first-order chi connectivity index (χ1) is 17.6. The number of aliphatic imine (C=N–C) groups is 1. The van der Waals surface area contributed by atoms with Gasteiger partial charge in [-0.05, 0) is 12.8 Å². The summed E-state index contributed by atoms with van der Waals surface area (Å²) in [7, 11) is 2.84. The van der Waals surface area contributed by atoms with Crippen LogP contribution >= 0.6 is 21.6 Å². The lowest BCUT2D eigenvalue weighted by Gasteiger charge is -2.19. The highest BCUT2D eigenvalue weighted by Gasteiger charge is 2.25. The Labute approximate surface area is 221 Å². The number of nitrogens with zero attached hydrogens (tertiary/aromatic N) is 1. The third-order valence-electron chi connectivity index (χ3n) is 4.16. The van der Waals surface area contributed by atoms with E-state index < -0.39 is 54.6 Å². The SMILES string of the molecule is NCC(=O)NC(CCCN=C(N)N)C(=O)NCC(=O)NC(CC(=O)O)C(=O)NCCSSCCOC=O. The molecule has 0 aliphatic heterocycles. The monoisotopic (exact) mass is 566 g/mol. The van der Waals surface area contributed by atoms with Crippen LogP contribution in [0.1, 0.15) is 19.3 Å². The largest absolute Gasteiger partial charge is 0.481 e. The van der Waals surface area contributed by atoms with E-state index in [9.17, 15) is 28.8 Å². The molecule has 0 saturated heterocycles. The molecule has 18 heteroatoms. The van der Waals surface area contributed by atoms with Crippen molar-refractivity contribution >= 4 is 63.6 Å². The van der Waals surface area contributed by atoms with Gasteiger partial charge in [-0.15, -0.1) is 0 Å². The number of rotatable bonds is 21. The first-order valence-electron chi connectivity index (χ1n) is 11.0. The van der Waals surface area contributed by atoms with Crippen LogP contribution in [0.15, 0.2) is 4.99 Å². The Morgan fingerprint density at radius 2 is 1.62 bits per heavy atom. The normalized spacial score (nSPS) is 11.8. The molecule has 2 unspecified atom stereocenters. The number of aliphatic carboxylic acids is 1. The summed E-state index contributed by atoms with van der Waals surface area (Å²) in [6.07, 6.45) is -0.173. The predicted octanol–water partition coefficient (Wildman–Crippen LogP) is -3.77. The van der Waals surface area contributed by atoms with Crippen LogP contribution in [0.5, 0.6) is 0 Å². The molecular weight excluding hydrogens is 532 g/mol. The lowest BCUT2D eigenvalue weighted by Crippen LogP contribution is -2.53. The fraction of sp³-hybridized carbons (Fsp3) is 0.632. The van der Waals surface area contributed by atoms with Crippen molar-refractivity contribution in [3.63, 3.8) is 0 Å². The molecule has 0 bridgehead atoms. The topological polar surface area (TPSA) is 270 Å². The van der Waals surface area contributed by atoms with Crippen LogP contribution < -0.4 is 38.5 Å². The van der Waals surface area contributed by atoms with E-state index in [1.54, 1.807) is 0 Å². The third kappa shape index (κ3) is 18.6. The van der Waals surface area contributed by atoms with E-state index in [2.05, 4.69) is 31.0 Å². The van der Waals surface area contributed by atoms with Gasteiger partial charge in [0.05, 0.1) is 19.5 Å². The zero-order valence-corrected chi connectivity index (χ0v) is 21.7. The molecule has 16 nitrogen and oxygen atoms in total. The molecule has 0 aromatic rings. The number of hydrogen-bond donors (Lipinski definition) is 8. The lowest BCUT2D eigenvalue weighted by molar-refractivity contribution is -0.140. The first kappa shape index (κ1) is 33.8. The van der Waals surface area contributed by atoms with E-state index in [1.165, 1.54) is 21.6 Å². The maximum atomic E-state index is 12.5. The van der Waals surface area contributed by atoms with Crippen LogP contribution in [0.3, 0.4) is 0 Å². The summed E-state index contributed by atoms with van der Waals surface area (Å²) in [5.74, 6) is -3.17. The molecule has 11 N–H and O–H groups in total. The molecule has 2 atom stereocenters. The molecule has 0 spiro atoms. The second-order valence-corrected chi connectivity index (χ2v) is 9.81. The molecule has 0 aliphatic rings. The minimum Gasteiger partial charge on any atom is -0.481 e. The number of carboxylic acid groups (broad SMARTS) is 1. The molecule has 0 heterocycles. The molecule has 0 aliphatic carbocycles. The van der Waals surface area contributed by atoms with E-state index in [1.807, 2.05) is 0 Å². The second kappa shape index (κ2) is 20.9. The van der Waals surface area contributed by atoms with Crippen LogP contribution in [0.4, 0.5) is 0 Å². The van der Waals surface area contributed by atoms with Gasteiger partial charge in [0.25, 0.3) is 6.47 Å². The molecule has 0 fully saturated rings. The Balaban J connectivity index is 4.71. The minimum absolute atomic E-state index is 0.123. The Morgan fingerprint density at radius 3 is 2.24 bits per heavy atom. The van der Waals surface area contributed by atoms with E-state index in [0.717, 1.165) is 0 Å². The third-order valence-corrected chi connectivity index (χ3v) is 6.53.